The van der Waals surface area contributed by atoms with Gasteiger partial charge in [0.1, 0.15) is 0 Å². The van der Waals surface area contributed by atoms with Crippen molar-refractivity contribution in [1.82, 2.24) is 0 Å². The molecule has 1 rings (SSSR count). The lowest BCUT2D eigenvalue weighted by Gasteiger charge is -1.95. The molecular weight excluding hydrogens is 192 g/mol. The Morgan fingerprint density at radius 2 is 2.00 bits per heavy atom. The first-order chi connectivity index (χ1) is 6.15. The first-order valence-corrected chi connectivity index (χ1v) is 3.82. The molecule has 0 fully saturated rings. The van der Waals surface area contributed by atoms with E-state index in [1.165, 1.54) is 18.2 Å². The highest BCUT2D eigenvalue weighted by molar-refractivity contribution is 6.61. The van der Waals surface area contributed by atoms with E-state index in [0.717, 1.165) is 0 Å². The number of hydrogen-bond acceptors (Lipinski definition) is 3. The number of Topliss-reactive ketones (excluding diaryl/α,β-unsaturated/α-hetero) is 2. The summed E-state index contributed by atoms with van der Waals surface area (Å²) in [4.78, 5) is 31.8. The lowest BCUT2D eigenvalue weighted by atomic mass is 10.1. The van der Waals surface area contributed by atoms with E-state index in [4.69, 9.17) is 11.6 Å². The molecule has 4 heteroatoms. The highest BCUT2D eigenvalue weighted by Crippen LogP contribution is 2.10. The summed E-state index contributed by atoms with van der Waals surface area (Å²) in [5.74, 6) is -1.90. The molecule has 0 aromatic heterocycles. The van der Waals surface area contributed by atoms with Gasteiger partial charge in [-0.1, -0.05) is 23.7 Å². The summed E-state index contributed by atoms with van der Waals surface area (Å²) in [7, 11) is 0. The van der Waals surface area contributed by atoms with Gasteiger partial charge in [-0.25, -0.2) is 0 Å². The zero-order valence-corrected chi connectivity index (χ0v) is 7.25. The van der Waals surface area contributed by atoms with Crippen LogP contribution in [-0.4, -0.2) is 17.9 Å². The van der Waals surface area contributed by atoms with E-state index < -0.39 is 11.6 Å². The van der Waals surface area contributed by atoms with E-state index in [0.29, 0.717) is 5.02 Å². The van der Waals surface area contributed by atoms with Crippen LogP contribution >= 0.6 is 11.6 Å². The minimum Gasteiger partial charge on any atom is -0.294 e. The van der Waals surface area contributed by atoms with Gasteiger partial charge in [-0.15, -0.1) is 0 Å². The number of carbonyl (C=O) groups excluding carboxylic acids is 3. The van der Waals surface area contributed by atoms with Crippen LogP contribution in [0.3, 0.4) is 0 Å². The molecule has 0 saturated carbocycles. The van der Waals surface area contributed by atoms with E-state index in [1.807, 2.05) is 0 Å². The van der Waals surface area contributed by atoms with Crippen LogP contribution in [0.2, 0.25) is 5.02 Å². The second-order valence-corrected chi connectivity index (χ2v) is 2.76. The van der Waals surface area contributed by atoms with Crippen molar-refractivity contribution >= 4 is 29.5 Å². The minimum absolute atomic E-state index is 0.0107. The molecule has 0 atom stereocenters. The van der Waals surface area contributed by atoms with Gasteiger partial charge in [0.25, 0.3) is 5.78 Å². The Bertz CT molecular complexity index is 371. The van der Waals surface area contributed by atoms with Crippen molar-refractivity contribution in [1.29, 1.82) is 0 Å². The number of ketones is 2. The van der Waals surface area contributed by atoms with Crippen LogP contribution in [-0.2, 0) is 9.59 Å². The summed E-state index contributed by atoms with van der Waals surface area (Å²) in [6.07, 6.45) is -0.0107. The molecule has 0 unspecified atom stereocenters. The third-order valence-electron chi connectivity index (χ3n) is 1.42. The molecule has 0 aliphatic heterocycles. The summed E-state index contributed by atoms with van der Waals surface area (Å²) < 4.78 is 0. The lowest BCUT2D eigenvalue weighted by molar-refractivity contribution is -0.126. The van der Waals surface area contributed by atoms with E-state index in [2.05, 4.69) is 0 Å². The molecule has 0 aliphatic carbocycles. The van der Waals surface area contributed by atoms with Gasteiger partial charge in [0.2, 0.25) is 5.78 Å². The van der Waals surface area contributed by atoms with Crippen LogP contribution in [0.15, 0.2) is 24.3 Å². The minimum atomic E-state index is -1.07. The number of hydrogen-bond donors (Lipinski definition) is 0. The second-order valence-electron chi connectivity index (χ2n) is 2.32. The number of carbonyl (C=O) groups is 3. The molecule has 0 heterocycles. The number of halogens is 1. The van der Waals surface area contributed by atoms with Crippen LogP contribution in [0.4, 0.5) is 0 Å². The molecule has 13 heavy (non-hydrogen) atoms. The number of benzene rings is 1. The highest BCUT2D eigenvalue weighted by Gasteiger charge is 2.14. The predicted octanol–water partition coefficient (Wildman–Crippen LogP) is 1.29. The van der Waals surface area contributed by atoms with Crippen molar-refractivity contribution in [3.63, 3.8) is 0 Å². The van der Waals surface area contributed by atoms with E-state index in [1.54, 1.807) is 6.07 Å². The van der Waals surface area contributed by atoms with E-state index in [9.17, 15) is 14.4 Å². The van der Waals surface area contributed by atoms with Gasteiger partial charge in [0.05, 0.1) is 0 Å². The molecular formula is C9H5ClO3. The average molecular weight is 197 g/mol. The molecule has 0 amide bonds. The quantitative estimate of drug-likeness (QED) is 0.317. The second kappa shape index (κ2) is 3.96. The molecule has 0 saturated heterocycles. The maximum Gasteiger partial charge on any atom is 0.265 e. The van der Waals surface area contributed by atoms with Gasteiger partial charge in [0, 0.05) is 10.6 Å². The van der Waals surface area contributed by atoms with Crippen molar-refractivity contribution < 1.29 is 14.4 Å². The molecule has 1 aromatic carbocycles. The first-order valence-electron chi connectivity index (χ1n) is 3.44. The lowest BCUT2D eigenvalue weighted by Crippen LogP contribution is -2.14. The smallest absolute Gasteiger partial charge is 0.265 e. The Kier molecular flexibility index (Phi) is 2.93. The van der Waals surface area contributed by atoms with Crippen molar-refractivity contribution in [2.24, 2.45) is 0 Å². The molecule has 1 aromatic rings. The number of aldehydes is 1. The fourth-order valence-electron chi connectivity index (χ4n) is 0.825. The summed E-state index contributed by atoms with van der Waals surface area (Å²) in [5, 5.41) is 0.351. The molecule has 0 bridgehead atoms. The Hall–Kier alpha value is -1.48. The molecule has 66 valence electrons. The Balaban J connectivity index is 3.02. The van der Waals surface area contributed by atoms with Crippen LogP contribution in [0.1, 0.15) is 10.4 Å². The summed E-state index contributed by atoms with van der Waals surface area (Å²) in [5.41, 5.74) is 0.129. The summed E-state index contributed by atoms with van der Waals surface area (Å²) in [6.45, 7) is 0. The molecule has 0 N–H and O–H groups in total. The van der Waals surface area contributed by atoms with Crippen LogP contribution in [0.5, 0.6) is 0 Å². The zero-order chi connectivity index (χ0) is 9.84. The maximum atomic E-state index is 11.1. The molecule has 0 aliphatic rings. The third-order valence-corrected chi connectivity index (χ3v) is 1.65. The van der Waals surface area contributed by atoms with Crippen molar-refractivity contribution in [2.45, 2.75) is 0 Å². The van der Waals surface area contributed by atoms with E-state index >= 15 is 0 Å². The van der Waals surface area contributed by atoms with E-state index in [-0.39, 0.29) is 11.8 Å². The predicted molar refractivity (Wildman–Crippen MR) is 46.9 cm³/mol. The zero-order valence-electron chi connectivity index (χ0n) is 6.49. The Morgan fingerprint density at radius 1 is 1.31 bits per heavy atom. The Morgan fingerprint density at radius 3 is 2.54 bits per heavy atom. The van der Waals surface area contributed by atoms with Gasteiger partial charge >= 0.3 is 0 Å². The normalized spacial score (nSPS) is 9.31. The van der Waals surface area contributed by atoms with Gasteiger partial charge in [-0.3, -0.25) is 14.4 Å². The van der Waals surface area contributed by atoms with Gasteiger partial charge in [-0.05, 0) is 12.1 Å². The standard InChI is InChI=1S/C9H5ClO3/c10-7-3-1-2-6(4-7)9(13)8(12)5-11/h1-5H. The van der Waals surface area contributed by atoms with Crippen LogP contribution < -0.4 is 0 Å². The fourth-order valence-corrected chi connectivity index (χ4v) is 1.02. The SMILES string of the molecule is O=CC(=O)C(=O)c1cccc(Cl)c1. The monoisotopic (exact) mass is 196 g/mol. The Labute approximate surface area is 79.3 Å². The average Bonchev–Trinajstić information content (AvgIpc) is 2.15. The molecule has 0 spiro atoms. The first kappa shape index (κ1) is 9.61. The van der Waals surface area contributed by atoms with Crippen molar-refractivity contribution in [3.05, 3.63) is 34.9 Å². The third kappa shape index (κ3) is 2.23. The topological polar surface area (TPSA) is 51.2 Å². The van der Waals surface area contributed by atoms with Crippen LogP contribution in [0.25, 0.3) is 0 Å². The van der Waals surface area contributed by atoms with Gasteiger partial charge < -0.3 is 0 Å². The summed E-state index contributed by atoms with van der Waals surface area (Å²) in [6, 6.07) is 5.87. The van der Waals surface area contributed by atoms with Gasteiger partial charge in [-0.2, -0.15) is 0 Å². The number of rotatable bonds is 3. The maximum absolute atomic E-state index is 11.1. The van der Waals surface area contributed by atoms with Crippen molar-refractivity contribution in [3.8, 4) is 0 Å². The van der Waals surface area contributed by atoms with Crippen molar-refractivity contribution in [2.75, 3.05) is 0 Å². The largest absolute Gasteiger partial charge is 0.294 e. The van der Waals surface area contributed by atoms with Gasteiger partial charge in [0.15, 0.2) is 6.29 Å². The molecule has 3 nitrogen and oxygen atoms in total. The highest BCUT2D eigenvalue weighted by atomic mass is 35.5. The summed E-state index contributed by atoms with van der Waals surface area (Å²) >= 11 is 5.58. The molecule has 0 radical (unpaired) electrons. The fraction of sp³-hybridized carbons (Fsp3) is 0. The van der Waals surface area contributed by atoms with Crippen LogP contribution in [0, 0.1) is 0 Å².